The first-order chi connectivity index (χ1) is 13.7. The van der Waals surface area contributed by atoms with Gasteiger partial charge in [-0.3, -0.25) is 5.10 Å². The number of aryl methyl sites for hydroxylation is 1. The normalized spacial score (nSPS) is 30.0. The lowest BCUT2D eigenvalue weighted by atomic mass is 9.67. The number of nitrogens with zero attached hydrogens (tertiary/aromatic N) is 2. The number of hydrogen-bond donors (Lipinski definition) is 2. The number of benzene rings is 2. The van der Waals surface area contributed by atoms with E-state index in [1.807, 2.05) is 12.1 Å². The van der Waals surface area contributed by atoms with Gasteiger partial charge in [0.1, 0.15) is 11.9 Å². The summed E-state index contributed by atoms with van der Waals surface area (Å²) in [5.41, 5.74) is 5.90. The van der Waals surface area contributed by atoms with Crippen molar-refractivity contribution >= 4 is 16.6 Å². The van der Waals surface area contributed by atoms with Gasteiger partial charge < -0.3 is 5.32 Å². The number of aromatic nitrogens is 2. The van der Waals surface area contributed by atoms with E-state index in [1.165, 1.54) is 42.0 Å². The smallest absolute Gasteiger partial charge is 0.140 e. The van der Waals surface area contributed by atoms with Crippen molar-refractivity contribution in [2.24, 2.45) is 17.8 Å². The van der Waals surface area contributed by atoms with E-state index in [1.54, 1.807) is 6.07 Å². The number of fused-ring (bicyclic) bond motifs is 9. The first-order valence-corrected chi connectivity index (χ1v) is 10.1. The van der Waals surface area contributed by atoms with Gasteiger partial charge in [0.2, 0.25) is 0 Å². The molecular formula is C23H21FN4. The summed E-state index contributed by atoms with van der Waals surface area (Å²) in [4.78, 5) is 0. The van der Waals surface area contributed by atoms with Crippen LogP contribution in [0.4, 0.5) is 10.1 Å². The third kappa shape index (κ3) is 2.01. The van der Waals surface area contributed by atoms with Gasteiger partial charge in [-0.1, -0.05) is 6.07 Å². The van der Waals surface area contributed by atoms with E-state index in [4.69, 9.17) is 0 Å². The van der Waals surface area contributed by atoms with Crippen LogP contribution in [0.1, 0.15) is 53.6 Å². The molecule has 2 fully saturated rings. The Labute approximate surface area is 162 Å². The standard InChI is InChI=1S/C23H21FN4/c1-11-19-18(28-27-11)7-6-17-22(19)20-12-2-3-13(8-12)21(20)23(26-17)14-4-5-16(24)15(9-14)10-25/h4-7,9,12-13,20-21,23,26H,2-3,8H2,1H3,(H,27,28). The molecule has 0 radical (unpaired) electrons. The summed E-state index contributed by atoms with van der Waals surface area (Å²) in [7, 11) is 0. The molecule has 2 aromatic carbocycles. The molecule has 28 heavy (non-hydrogen) atoms. The third-order valence-corrected chi connectivity index (χ3v) is 7.42. The van der Waals surface area contributed by atoms with Crippen LogP contribution >= 0.6 is 0 Å². The van der Waals surface area contributed by atoms with Crippen LogP contribution in [0.25, 0.3) is 10.9 Å². The number of anilines is 1. The molecule has 2 heterocycles. The highest BCUT2D eigenvalue weighted by Gasteiger charge is 2.54. The fourth-order valence-electron chi connectivity index (χ4n) is 6.40. The van der Waals surface area contributed by atoms with Crippen LogP contribution in [-0.4, -0.2) is 10.2 Å². The molecule has 5 unspecified atom stereocenters. The quantitative estimate of drug-likeness (QED) is 0.619. The van der Waals surface area contributed by atoms with Crippen molar-refractivity contribution in [1.29, 1.82) is 5.26 Å². The molecule has 6 rings (SSSR count). The van der Waals surface area contributed by atoms with E-state index in [2.05, 4.69) is 34.6 Å². The maximum Gasteiger partial charge on any atom is 0.140 e. The molecule has 2 bridgehead atoms. The van der Waals surface area contributed by atoms with Gasteiger partial charge in [0, 0.05) is 16.8 Å². The molecule has 5 heteroatoms. The number of rotatable bonds is 1. The summed E-state index contributed by atoms with van der Waals surface area (Å²) in [6, 6.07) is 11.4. The Morgan fingerprint density at radius 3 is 2.89 bits per heavy atom. The minimum atomic E-state index is -0.442. The highest BCUT2D eigenvalue weighted by atomic mass is 19.1. The van der Waals surface area contributed by atoms with Gasteiger partial charge in [0.15, 0.2) is 0 Å². The third-order valence-electron chi connectivity index (χ3n) is 7.42. The highest BCUT2D eigenvalue weighted by Crippen LogP contribution is 2.64. The SMILES string of the molecule is Cc1[nH]nc2ccc3c(c12)C1C2CCC(C2)C1C(c1ccc(F)c(C#N)c1)N3. The number of halogens is 1. The summed E-state index contributed by atoms with van der Waals surface area (Å²) in [5.74, 6) is 1.91. The Balaban J connectivity index is 1.56. The Kier molecular flexibility index (Phi) is 3.21. The van der Waals surface area contributed by atoms with Crippen LogP contribution in [0, 0.1) is 41.8 Å². The van der Waals surface area contributed by atoms with Crippen LogP contribution < -0.4 is 5.32 Å². The van der Waals surface area contributed by atoms with E-state index >= 15 is 0 Å². The Bertz CT molecular complexity index is 1160. The van der Waals surface area contributed by atoms with Gasteiger partial charge in [-0.2, -0.15) is 10.4 Å². The van der Waals surface area contributed by atoms with E-state index < -0.39 is 5.82 Å². The zero-order valence-electron chi connectivity index (χ0n) is 15.7. The van der Waals surface area contributed by atoms with Crippen LogP contribution in [0.3, 0.4) is 0 Å². The fraction of sp³-hybridized carbons (Fsp3) is 0.391. The van der Waals surface area contributed by atoms with Gasteiger partial charge in [-0.25, -0.2) is 4.39 Å². The molecular weight excluding hydrogens is 351 g/mol. The number of nitrogens with one attached hydrogen (secondary N) is 2. The van der Waals surface area contributed by atoms with E-state index in [9.17, 15) is 9.65 Å². The van der Waals surface area contributed by atoms with Crippen molar-refractivity contribution in [3.8, 4) is 6.07 Å². The molecule has 1 aromatic heterocycles. The predicted octanol–water partition coefficient (Wildman–Crippen LogP) is 5.18. The summed E-state index contributed by atoms with van der Waals surface area (Å²) in [5, 5.41) is 22.0. The lowest BCUT2D eigenvalue weighted by Gasteiger charge is -2.44. The zero-order valence-corrected chi connectivity index (χ0v) is 15.7. The fourth-order valence-corrected chi connectivity index (χ4v) is 6.40. The van der Waals surface area contributed by atoms with E-state index in [-0.39, 0.29) is 11.6 Å². The second-order valence-corrected chi connectivity index (χ2v) is 8.68. The lowest BCUT2D eigenvalue weighted by Crippen LogP contribution is -2.35. The van der Waals surface area contributed by atoms with Crippen molar-refractivity contribution < 1.29 is 4.39 Å². The van der Waals surface area contributed by atoms with Crippen molar-refractivity contribution in [3.63, 3.8) is 0 Å². The first-order valence-electron chi connectivity index (χ1n) is 10.1. The maximum atomic E-state index is 13.9. The van der Waals surface area contributed by atoms with Crippen molar-refractivity contribution in [2.75, 3.05) is 5.32 Å². The average Bonchev–Trinajstić information content (AvgIpc) is 3.43. The monoisotopic (exact) mass is 372 g/mol. The van der Waals surface area contributed by atoms with Gasteiger partial charge >= 0.3 is 0 Å². The molecule has 3 aromatic rings. The second-order valence-electron chi connectivity index (χ2n) is 8.68. The molecule has 1 aliphatic heterocycles. The Morgan fingerprint density at radius 1 is 1.18 bits per heavy atom. The Morgan fingerprint density at radius 2 is 2.04 bits per heavy atom. The largest absolute Gasteiger partial charge is 0.378 e. The van der Waals surface area contributed by atoms with Crippen molar-refractivity contribution in [3.05, 3.63) is 58.5 Å². The summed E-state index contributed by atoms with van der Waals surface area (Å²) in [6.07, 6.45) is 3.83. The summed E-state index contributed by atoms with van der Waals surface area (Å²) in [6.45, 7) is 2.10. The van der Waals surface area contributed by atoms with Crippen LogP contribution in [0.2, 0.25) is 0 Å². The molecule has 0 saturated heterocycles. The van der Waals surface area contributed by atoms with E-state index in [0.717, 1.165) is 16.8 Å². The molecule has 140 valence electrons. The number of H-pyrrole nitrogens is 1. The number of nitriles is 1. The minimum absolute atomic E-state index is 0.116. The molecule has 4 nitrogen and oxygen atoms in total. The van der Waals surface area contributed by atoms with Crippen molar-refractivity contribution in [2.45, 2.75) is 38.1 Å². The van der Waals surface area contributed by atoms with Gasteiger partial charge in [0.25, 0.3) is 0 Å². The molecule has 2 saturated carbocycles. The lowest BCUT2D eigenvalue weighted by molar-refractivity contribution is 0.249. The van der Waals surface area contributed by atoms with Gasteiger partial charge in [0.05, 0.1) is 17.1 Å². The number of hydrogen-bond acceptors (Lipinski definition) is 3. The van der Waals surface area contributed by atoms with Crippen LogP contribution in [0.15, 0.2) is 30.3 Å². The van der Waals surface area contributed by atoms with Crippen molar-refractivity contribution in [1.82, 2.24) is 10.2 Å². The highest BCUT2D eigenvalue weighted by molar-refractivity contribution is 5.91. The minimum Gasteiger partial charge on any atom is -0.378 e. The van der Waals surface area contributed by atoms with Gasteiger partial charge in [-0.05, 0) is 85.3 Å². The number of aromatic amines is 1. The maximum absolute atomic E-state index is 13.9. The molecule has 2 N–H and O–H groups in total. The average molecular weight is 372 g/mol. The molecule has 0 amide bonds. The van der Waals surface area contributed by atoms with Crippen LogP contribution in [-0.2, 0) is 0 Å². The zero-order chi connectivity index (χ0) is 19.0. The Hall–Kier alpha value is -2.87. The van der Waals surface area contributed by atoms with Gasteiger partial charge in [-0.15, -0.1) is 0 Å². The molecule has 5 atom stereocenters. The topological polar surface area (TPSA) is 64.5 Å². The first kappa shape index (κ1) is 16.1. The molecule has 2 aliphatic carbocycles. The van der Waals surface area contributed by atoms with E-state index in [0.29, 0.717) is 23.7 Å². The molecule has 3 aliphatic rings. The molecule has 0 spiro atoms. The summed E-state index contributed by atoms with van der Waals surface area (Å²) < 4.78 is 13.9. The van der Waals surface area contributed by atoms with Crippen LogP contribution in [0.5, 0.6) is 0 Å². The second kappa shape index (κ2) is 5.57. The predicted molar refractivity (Wildman–Crippen MR) is 105 cm³/mol. The summed E-state index contributed by atoms with van der Waals surface area (Å²) >= 11 is 0.